The summed E-state index contributed by atoms with van der Waals surface area (Å²) in [5.41, 5.74) is 8.96. The van der Waals surface area contributed by atoms with Crippen LogP contribution in [0.5, 0.6) is 0 Å². The Kier molecular flexibility index (Phi) is 4.74. The van der Waals surface area contributed by atoms with Crippen LogP contribution in [-0.2, 0) is 9.59 Å². The summed E-state index contributed by atoms with van der Waals surface area (Å²) in [6, 6.07) is 10.5. The minimum atomic E-state index is -0.964. The van der Waals surface area contributed by atoms with Crippen molar-refractivity contribution in [3.8, 4) is 11.3 Å². The Labute approximate surface area is 149 Å². The number of amides is 3. The van der Waals surface area contributed by atoms with Gasteiger partial charge in [-0.05, 0) is 42.3 Å². The van der Waals surface area contributed by atoms with E-state index < -0.39 is 17.9 Å². The van der Waals surface area contributed by atoms with Crippen molar-refractivity contribution < 1.29 is 19.5 Å². The number of rotatable bonds is 6. The van der Waals surface area contributed by atoms with Crippen molar-refractivity contribution in [3.63, 3.8) is 0 Å². The molecule has 26 heavy (non-hydrogen) atoms. The maximum Gasteiger partial charge on any atom is 0.329 e. The van der Waals surface area contributed by atoms with Crippen molar-refractivity contribution in [2.75, 3.05) is 12.3 Å². The summed E-state index contributed by atoms with van der Waals surface area (Å²) in [5, 5.41) is 11.2. The van der Waals surface area contributed by atoms with Gasteiger partial charge in [-0.3, -0.25) is 14.5 Å². The number of aromatic nitrogens is 1. The fourth-order valence-corrected chi connectivity index (χ4v) is 2.65. The Morgan fingerprint density at radius 3 is 2.58 bits per heavy atom. The van der Waals surface area contributed by atoms with Gasteiger partial charge in [0.1, 0.15) is 5.70 Å². The number of carbonyl (C=O) groups is 3. The molecule has 2 aromatic rings. The Balaban J connectivity index is 1.72. The molecule has 3 rings (SSSR count). The van der Waals surface area contributed by atoms with Crippen LogP contribution in [-0.4, -0.2) is 39.4 Å². The first-order valence-corrected chi connectivity index (χ1v) is 8.05. The molecule has 1 aromatic heterocycles. The lowest BCUT2D eigenvalue weighted by Crippen LogP contribution is -2.32. The van der Waals surface area contributed by atoms with Crippen molar-refractivity contribution in [1.82, 2.24) is 15.2 Å². The lowest BCUT2D eigenvalue weighted by atomic mass is 10.1. The van der Waals surface area contributed by atoms with Crippen molar-refractivity contribution in [3.05, 3.63) is 47.8 Å². The van der Waals surface area contributed by atoms with E-state index in [-0.39, 0.29) is 25.1 Å². The van der Waals surface area contributed by atoms with Crippen molar-refractivity contribution in [2.24, 2.45) is 0 Å². The molecule has 1 aliphatic heterocycles. The average Bonchev–Trinajstić information content (AvgIpc) is 3.15. The summed E-state index contributed by atoms with van der Waals surface area (Å²) >= 11 is 0. The van der Waals surface area contributed by atoms with Gasteiger partial charge in [0, 0.05) is 30.0 Å². The number of nitrogens with two attached hydrogens (primary N) is 1. The molecule has 1 fully saturated rings. The van der Waals surface area contributed by atoms with E-state index in [1.54, 1.807) is 24.3 Å². The lowest BCUT2D eigenvalue weighted by molar-refractivity contribution is -0.137. The number of benzene rings is 1. The van der Waals surface area contributed by atoms with E-state index in [0.717, 1.165) is 16.2 Å². The third kappa shape index (κ3) is 3.75. The fraction of sp³-hybridized carbons (Fsp3) is 0.167. The molecule has 0 spiro atoms. The quantitative estimate of drug-likeness (QED) is 0.358. The van der Waals surface area contributed by atoms with Gasteiger partial charge in [-0.2, -0.15) is 0 Å². The van der Waals surface area contributed by atoms with Gasteiger partial charge < -0.3 is 21.1 Å². The molecule has 0 saturated carbocycles. The van der Waals surface area contributed by atoms with Crippen LogP contribution in [0.4, 0.5) is 10.5 Å². The van der Waals surface area contributed by atoms with Gasteiger partial charge in [0.2, 0.25) is 0 Å². The number of anilines is 1. The molecule has 1 aromatic carbocycles. The topological polar surface area (TPSA) is 129 Å². The number of hydrogen-bond donors (Lipinski definition) is 4. The Morgan fingerprint density at radius 1 is 1.15 bits per heavy atom. The SMILES string of the molecule is Nc1ccc(-c2ccc(C=C3NC(=O)N(CCCC(=O)O)C3=O)[nH]2)cc1. The molecule has 0 unspecified atom stereocenters. The summed E-state index contributed by atoms with van der Waals surface area (Å²) in [7, 11) is 0. The van der Waals surface area contributed by atoms with Gasteiger partial charge in [-0.25, -0.2) is 4.79 Å². The number of carbonyl (C=O) groups excluding carboxylic acids is 2. The molecule has 134 valence electrons. The van der Waals surface area contributed by atoms with Gasteiger partial charge in [0.15, 0.2) is 0 Å². The largest absolute Gasteiger partial charge is 0.481 e. The molecule has 0 aliphatic carbocycles. The zero-order chi connectivity index (χ0) is 18.7. The molecule has 0 atom stereocenters. The highest BCUT2D eigenvalue weighted by molar-refractivity contribution is 6.13. The minimum Gasteiger partial charge on any atom is -0.481 e. The first kappa shape index (κ1) is 17.3. The Bertz CT molecular complexity index is 883. The molecule has 0 bridgehead atoms. The minimum absolute atomic E-state index is 0.0652. The molecular weight excluding hydrogens is 336 g/mol. The van der Waals surface area contributed by atoms with Crippen LogP contribution in [0.25, 0.3) is 17.3 Å². The van der Waals surface area contributed by atoms with Crippen molar-refractivity contribution in [1.29, 1.82) is 0 Å². The number of urea groups is 1. The number of carboxylic acid groups (broad SMARTS) is 1. The maximum absolute atomic E-state index is 12.3. The van der Waals surface area contributed by atoms with Gasteiger partial charge >= 0.3 is 12.0 Å². The number of imide groups is 1. The fourth-order valence-electron chi connectivity index (χ4n) is 2.65. The van der Waals surface area contributed by atoms with Crippen LogP contribution in [0.3, 0.4) is 0 Å². The number of aliphatic carboxylic acids is 1. The van der Waals surface area contributed by atoms with Gasteiger partial charge in [-0.1, -0.05) is 12.1 Å². The Morgan fingerprint density at radius 2 is 1.88 bits per heavy atom. The number of nitrogens with one attached hydrogen (secondary N) is 2. The number of nitrogens with zero attached hydrogens (tertiary/aromatic N) is 1. The standard InChI is InChI=1S/C18H18N4O4/c19-12-5-3-11(4-6-12)14-8-7-13(20-14)10-15-17(25)22(18(26)21-15)9-1-2-16(23)24/h3-8,10,20H,1-2,9,19H2,(H,21,26)(H,23,24). The predicted molar refractivity (Wildman–Crippen MR) is 95.7 cm³/mol. The molecule has 1 aliphatic rings. The number of aromatic amines is 1. The van der Waals surface area contributed by atoms with E-state index in [1.165, 1.54) is 0 Å². The summed E-state index contributed by atoms with van der Waals surface area (Å²) < 4.78 is 0. The van der Waals surface area contributed by atoms with E-state index >= 15 is 0 Å². The summed E-state index contributed by atoms with van der Waals surface area (Å²) in [6.45, 7) is 0.0652. The van der Waals surface area contributed by atoms with E-state index in [0.29, 0.717) is 11.4 Å². The summed E-state index contributed by atoms with van der Waals surface area (Å²) in [4.78, 5) is 38.9. The summed E-state index contributed by atoms with van der Waals surface area (Å²) in [6.07, 6.45) is 1.67. The van der Waals surface area contributed by atoms with E-state index in [2.05, 4.69) is 10.3 Å². The van der Waals surface area contributed by atoms with Crippen LogP contribution in [0.15, 0.2) is 42.1 Å². The zero-order valence-electron chi connectivity index (χ0n) is 13.9. The first-order valence-electron chi connectivity index (χ1n) is 8.05. The summed E-state index contributed by atoms with van der Waals surface area (Å²) in [5.74, 6) is -1.43. The molecule has 3 amide bonds. The van der Waals surface area contributed by atoms with E-state index in [1.807, 2.05) is 18.2 Å². The third-order valence-electron chi connectivity index (χ3n) is 3.96. The van der Waals surface area contributed by atoms with E-state index in [9.17, 15) is 14.4 Å². The smallest absolute Gasteiger partial charge is 0.329 e. The molecule has 1 saturated heterocycles. The van der Waals surface area contributed by atoms with Crippen LogP contribution >= 0.6 is 0 Å². The maximum atomic E-state index is 12.3. The second kappa shape index (κ2) is 7.14. The molecule has 0 radical (unpaired) electrons. The zero-order valence-corrected chi connectivity index (χ0v) is 13.9. The van der Waals surface area contributed by atoms with Crippen molar-refractivity contribution in [2.45, 2.75) is 12.8 Å². The molecule has 8 nitrogen and oxygen atoms in total. The second-order valence-electron chi connectivity index (χ2n) is 5.89. The molecule has 2 heterocycles. The lowest BCUT2D eigenvalue weighted by Gasteiger charge is -2.10. The highest BCUT2D eigenvalue weighted by Gasteiger charge is 2.33. The predicted octanol–water partition coefficient (Wildman–Crippen LogP) is 2.02. The van der Waals surface area contributed by atoms with Crippen LogP contribution in [0.1, 0.15) is 18.5 Å². The van der Waals surface area contributed by atoms with E-state index in [4.69, 9.17) is 10.8 Å². The number of hydrogen-bond acceptors (Lipinski definition) is 4. The van der Waals surface area contributed by atoms with Gasteiger partial charge in [0.25, 0.3) is 5.91 Å². The average molecular weight is 354 g/mol. The first-order chi connectivity index (χ1) is 12.4. The van der Waals surface area contributed by atoms with Gasteiger partial charge in [-0.15, -0.1) is 0 Å². The Hall–Kier alpha value is -3.55. The van der Waals surface area contributed by atoms with Crippen LogP contribution in [0.2, 0.25) is 0 Å². The number of carboxylic acids is 1. The number of nitrogen functional groups attached to an aromatic ring is 1. The molecular formula is C18H18N4O4. The van der Waals surface area contributed by atoms with Crippen molar-refractivity contribution >= 4 is 29.7 Å². The highest BCUT2D eigenvalue weighted by atomic mass is 16.4. The molecule has 8 heteroatoms. The van der Waals surface area contributed by atoms with Crippen LogP contribution in [0, 0.1) is 0 Å². The van der Waals surface area contributed by atoms with Gasteiger partial charge in [0.05, 0.1) is 0 Å². The normalized spacial score (nSPS) is 15.5. The second-order valence-corrected chi connectivity index (χ2v) is 5.89. The molecule has 5 N–H and O–H groups in total. The third-order valence-corrected chi connectivity index (χ3v) is 3.96. The van der Waals surface area contributed by atoms with Crippen LogP contribution < -0.4 is 11.1 Å². The number of H-pyrrole nitrogens is 1. The highest BCUT2D eigenvalue weighted by Crippen LogP contribution is 2.21. The monoisotopic (exact) mass is 354 g/mol.